The van der Waals surface area contributed by atoms with Gasteiger partial charge in [0.2, 0.25) is 11.8 Å². The van der Waals surface area contributed by atoms with Crippen molar-refractivity contribution in [2.24, 2.45) is 11.8 Å². The molecule has 7 heteroatoms. The van der Waals surface area contributed by atoms with Gasteiger partial charge in [0.15, 0.2) is 0 Å². The molecule has 0 aliphatic carbocycles. The maximum absolute atomic E-state index is 12.9. The zero-order valence-corrected chi connectivity index (χ0v) is 17.1. The van der Waals surface area contributed by atoms with Crippen LogP contribution in [0.3, 0.4) is 0 Å². The molecule has 146 valence electrons. The van der Waals surface area contributed by atoms with E-state index in [0.717, 1.165) is 22.9 Å². The highest BCUT2D eigenvalue weighted by atomic mass is 79.9. The van der Waals surface area contributed by atoms with E-state index in [2.05, 4.69) is 15.9 Å². The number of amides is 2. The maximum Gasteiger partial charge on any atom is 0.310 e. The number of carbonyl (C=O) groups excluding carboxylic acids is 3. The first-order valence-electron chi connectivity index (χ1n) is 9.45. The van der Waals surface area contributed by atoms with Crippen molar-refractivity contribution in [3.8, 4) is 0 Å². The summed E-state index contributed by atoms with van der Waals surface area (Å²) in [5, 5.41) is 0. The van der Waals surface area contributed by atoms with Gasteiger partial charge in [-0.2, -0.15) is 0 Å². The first kappa shape index (κ1) is 19.9. The molecule has 2 saturated heterocycles. The number of ether oxygens (including phenoxy) is 1. The number of nitrogens with zero attached hydrogens (tertiary/aromatic N) is 2. The highest BCUT2D eigenvalue weighted by Crippen LogP contribution is 2.26. The molecule has 2 atom stereocenters. The van der Waals surface area contributed by atoms with E-state index in [-0.39, 0.29) is 36.0 Å². The summed E-state index contributed by atoms with van der Waals surface area (Å²) in [5.74, 6) is -0.821. The molecular weight excluding hydrogens is 412 g/mol. The average Bonchev–Trinajstić information content (AvgIpc) is 3.02. The first-order valence-corrected chi connectivity index (χ1v) is 10.2. The van der Waals surface area contributed by atoms with Crippen LogP contribution >= 0.6 is 15.9 Å². The molecule has 0 N–H and O–H groups in total. The van der Waals surface area contributed by atoms with E-state index in [4.69, 9.17) is 4.74 Å². The number of halogens is 1. The smallest absolute Gasteiger partial charge is 0.310 e. The summed E-state index contributed by atoms with van der Waals surface area (Å²) >= 11 is 3.44. The van der Waals surface area contributed by atoms with Crippen molar-refractivity contribution in [1.82, 2.24) is 9.80 Å². The van der Waals surface area contributed by atoms with Crippen molar-refractivity contribution in [2.75, 3.05) is 26.2 Å². The topological polar surface area (TPSA) is 66.9 Å². The van der Waals surface area contributed by atoms with E-state index >= 15 is 0 Å². The van der Waals surface area contributed by atoms with Crippen molar-refractivity contribution in [2.45, 2.75) is 32.7 Å². The van der Waals surface area contributed by atoms with Crippen LogP contribution in [-0.2, 0) is 25.7 Å². The monoisotopic (exact) mass is 436 g/mol. The largest absolute Gasteiger partial charge is 0.466 e. The Kier molecular flexibility index (Phi) is 6.52. The Bertz CT molecular complexity index is 724. The number of piperidine rings is 1. The molecular formula is C20H25BrN2O4. The summed E-state index contributed by atoms with van der Waals surface area (Å²) in [4.78, 5) is 40.8. The molecule has 0 spiro atoms. The Morgan fingerprint density at radius 2 is 2.07 bits per heavy atom. The Hall–Kier alpha value is -1.89. The Balaban J connectivity index is 1.59. The number of carbonyl (C=O) groups is 3. The quantitative estimate of drug-likeness (QED) is 0.665. The minimum Gasteiger partial charge on any atom is -0.466 e. The van der Waals surface area contributed by atoms with E-state index in [1.54, 1.807) is 16.7 Å². The van der Waals surface area contributed by atoms with Gasteiger partial charge in [0.1, 0.15) is 0 Å². The van der Waals surface area contributed by atoms with Crippen molar-refractivity contribution in [3.05, 3.63) is 34.3 Å². The molecule has 0 aromatic heterocycles. The van der Waals surface area contributed by atoms with Gasteiger partial charge in [0.25, 0.3) is 0 Å². The van der Waals surface area contributed by atoms with Gasteiger partial charge in [-0.05, 0) is 37.5 Å². The van der Waals surface area contributed by atoms with Crippen molar-refractivity contribution in [1.29, 1.82) is 0 Å². The number of esters is 1. The van der Waals surface area contributed by atoms with E-state index in [0.29, 0.717) is 32.8 Å². The molecule has 0 radical (unpaired) electrons. The maximum atomic E-state index is 12.9. The molecule has 2 amide bonds. The molecule has 2 heterocycles. The van der Waals surface area contributed by atoms with Crippen molar-refractivity contribution in [3.63, 3.8) is 0 Å². The van der Waals surface area contributed by atoms with Crippen LogP contribution < -0.4 is 0 Å². The van der Waals surface area contributed by atoms with Crippen LogP contribution in [-0.4, -0.2) is 53.8 Å². The third kappa shape index (κ3) is 4.89. The molecule has 27 heavy (non-hydrogen) atoms. The van der Waals surface area contributed by atoms with Crippen LogP contribution in [0, 0.1) is 11.8 Å². The van der Waals surface area contributed by atoms with Crippen LogP contribution in [0.25, 0.3) is 0 Å². The molecule has 0 saturated carbocycles. The third-order valence-corrected chi connectivity index (χ3v) is 5.67. The van der Waals surface area contributed by atoms with Crippen LogP contribution in [0.15, 0.2) is 28.7 Å². The van der Waals surface area contributed by atoms with Crippen molar-refractivity contribution < 1.29 is 19.1 Å². The second-order valence-corrected chi connectivity index (χ2v) is 8.10. The SMILES string of the molecule is CCOC(=O)[C@@H]1CCCN(C(=O)[C@H]2CC(=O)N(Cc3cccc(Br)c3)C2)C1. The molecule has 1 aromatic carbocycles. The lowest BCUT2D eigenvalue weighted by Crippen LogP contribution is -2.45. The van der Waals surface area contributed by atoms with Gasteiger partial charge in [0.05, 0.1) is 18.4 Å². The highest BCUT2D eigenvalue weighted by Gasteiger charge is 2.38. The van der Waals surface area contributed by atoms with E-state index in [1.165, 1.54) is 0 Å². The predicted octanol–water partition coefficient (Wildman–Crippen LogP) is 2.60. The molecule has 6 nitrogen and oxygen atoms in total. The van der Waals surface area contributed by atoms with Crippen molar-refractivity contribution >= 4 is 33.7 Å². The molecule has 3 rings (SSSR count). The summed E-state index contributed by atoms with van der Waals surface area (Å²) in [6, 6.07) is 7.84. The summed E-state index contributed by atoms with van der Waals surface area (Å²) in [6.07, 6.45) is 1.78. The normalized spacial score (nSPS) is 22.8. The van der Waals surface area contributed by atoms with Crippen LogP contribution in [0.5, 0.6) is 0 Å². The van der Waals surface area contributed by atoms with Gasteiger partial charge < -0.3 is 14.5 Å². The average molecular weight is 437 g/mol. The number of hydrogen-bond acceptors (Lipinski definition) is 4. The standard InChI is InChI=1S/C20H25BrN2O4/c1-2-27-20(26)15-6-4-8-22(12-15)19(25)16-10-18(24)23(13-16)11-14-5-3-7-17(21)9-14/h3,5,7,9,15-16H,2,4,6,8,10-13H2,1H3/t15-,16+/m1/s1. The van der Waals surface area contributed by atoms with Gasteiger partial charge in [-0.3, -0.25) is 14.4 Å². The summed E-state index contributed by atoms with van der Waals surface area (Å²) < 4.78 is 6.07. The number of hydrogen-bond donors (Lipinski definition) is 0. The summed E-state index contributed by atoms with van der Waals surface area (Å²) in [6.45, 7) is 4.12. The molecule has 1 aromatic rings. The van der Waals surface area contributed by atoms with Gasteiger partial charge in [-0.1, -0.05) is 28.1 Å². The first-order chi connectivity index (χ1) is 13.0. The van der Waals surface area contributed by atoms with Crippen LogP contribution in [0.4, 0.5) is 0 Å². The molecule has 2 aliphatic heterocycles. The summed E-state index contributed by atoms with van der Waals surface area (Å²) in [7, 11) is 0. The molecule has 2 fully saturated rings. The lowest BCUT2D eigenvalue weighted by molar-refractivity contribution is -0.152. The second kappa shape index (κ2) is 8.87. The minimum atomic E-state index is -0.328. The van der Waals surface area contributed by atoms with Crippen LogP contribution in [0.1, 0.15) is 31.7 Å². The fourth-order valence-corrected chi connectivity index (χ4v) is 4.28. The Morgan fingerprint density at radius 1 is 1.26 bits per heavy atom. The molecule has 2 aliphatic rings. The third-order valence-electron chi connectivity index (χ3n) is 5.18. The van der Waals surface area contributed by atoms with Gasteiger partial charge in [-0.25, -0.2) is 0 Å². The van der Waals surface area contributed by atoms with E-state index < -0.39 is 0 Å². The van der Waals surface area contributed by atoms with Gasteiger partial charge >= 0.3 is 5.97 Å². The lowest BCUT2D eigenvalue weighted by atomic mass is 9.96. The Morgan fingerprint density at radius 3 is 2.81 bits per heavy atom. The van der Waals surface area contributed by atoms with Gasteiger partial charge in [0, 0.05) is 37.1 Å². The number of rotatable bonds is 5. The number of benzene rings is 1. The van der Waals surface area contributed by atoms with Gasteiger partial charge in [-0.15, -0.1) is 0 Å². The number of likely N-dealkylation sites (tertiary alicyclic amines) is 2. The minimum absolute atomic E-state index is 0.00674. The van der Waals surface area contributed by atoms with E-state index in [1.807, 2.05) is 24.3 Å². The zero-order valence-electron chi connectivity index (χ0n) is 15.5. The molecule has 0 unspecified atom stereocenters. The fraction of sp³-hybridized carbons (Fsp3) is 0.550. The van der Waals surface area contributed by atoms with Crippen LogP contribution in [0.2, 0.25) is 0 Å². The highest BCUT2D eigenvalue weighted by molar-refractivity contribution is 9.10. The molecule has 0 bridgehead atoms. The second-order valence-electron chi connectivity index (χ2n) is 7.18. The summed E-state index contributed by atoms with van der Waals surface area (Å²) in [5.41, 5.74) is 1.03. The predicted molar refractivity (Wildman–Crippen MR) is 104 cm³/mol. The zero-order chi connectivity index (χ0) is 19.4. The fourth-order valence-electron chi connectivity index (χ4n) is 3.83. The lowest BCUT2D eigenvalue weighted by Gasteiger charge is -2.33. The Labute approximate surface area is 168 Å². The van der Waals surface area contributed by atoms with E-state index in [9.17, 15) is 14.4 Å².